The molecule has 0 aromatic carbocycles. The number of ether oxygens (including phenoxy) is 1. The molecule has 0 saturated heterocycles. The summed E-state index contributed by atoms with van der Waals surface area (Å²) in [5.74, 6) is -2.81. The van der Waals surface area contributed by atoms with Crippen molar-refractivity contribution >= 4 is 17.7 Å². The fraction of sp³-hybridized carbons (Fsp3) is 0.462. The Bertz CT molecular complexity index is 407. The van der Waals surface area contributed by atoms with E-state index in [1.165, 1.54) is 12.8 Å². The van der Waals surface area contributed by atoms with E-state index in [0.717, 1.165) is 12.8 Å². The Hall–Kier alpha value is -2.20. The average molecular weight is 266 g/mol. The lowest BCUT2D eigenvalue weighted by atomic mass is 10.2. The van der Waals surface area contributed by atoms with Crippen molar-refractivity contribution in [1.82, 2.24) is 0 Å². The lowest BCUT2D eigenvalue weighted by Crippen LogP contribution is -2.27. The molecule has 0 aliphatic rings. The van der Waals surface area contributed by atoms with Gasteiger partial charge in [-0.2, -0.15) is 4.79 Å². The Morgan fingerprint density at radius 1 is 1.26 bits per heavy atom. The second kappa shape index (κ2) is 10.9. The first-order chi connectivity index (χ1) is 9.13. The minimum absolute atomic E-state index is 0.0789. The van der Waals surface area contributed by atoms with Crippen molar-refractivity contribution in [3.8, 4) is 0 Å². The van der Waals surface area contributed by atoms with Crippen LogP contribution in [0.25, 0.3) is 5.53 Å². The number of nitrogens with zero attached hydrogens (tertiary/aromatic N) is 2. The molecule has 1 N–H and O–H groups in total. The van der Waals surface area contributed by atoms with E-state index < -0.39 is 17.7 Å². The summed E-state index contributed by atoms with van der Waals surface area (Å²) < 4.78 is 4.57. The maximum atomic E-state index is 11.1. The predicted octanol–water partition coefficient (Wildman–Crippen LogP) is 1.98. The van der Waals surface area contributed by atoms with Crippen LogP contribution in [-0.4, -0.2) is 34.2 Å². The van der Waals surface area contributed by atoms with Crippen LogP contribution in [0.15, 0.2) is 24.3 Å². The van der Waals surface area contributed by atoms with Crippen LogP contribution in [0, 0.1) is 0 Å². The Morgan fingerprint density at radius 2 is 1.95 bits per heavy atom. The molecule has 0 atom stereocenters. The SMILES string of the molecule is CCCCC/C=C/C=C/COC(=O)C(=[N+]=[N-])C(=O)O. The highest BCUT2D eigenvalue weighted by molar-refractivity contribution is 6.60. The molecular weight excluding hydrogens is 248 g/mol. The van der Waals surface area contributed by atoms with Gasteiger partial charge in [0.25, 0.3) is 0 Å². The van der Waals surface area contributed by atoms with Crippen LogP contribution in [0.1, 0.15) is 32.6 Å². The summed E-state index contributed by atoms with van der Waals surface area (Å²) in [5, 5.41) is 8.47. The van der Waals surface area contributed by atoms with Gasteiger partial charge in [-0.15, -0.1) is 0 Å². The van der Waals surface area contributed by atoms with Crippen molar-refractivity contribution < 1.29 is 24.2 Å². The number of hydrogen-bond acceptors (Lipinski definition) is 3. The first-order valence-corrected chi connectivity index (χ1v) is 6.07. The quantitative estimate of drug-likeness (QED) is 0.131. The van der Waals surface area contributed by atoms with Gasteiger partial charge in [0.2, 0.25) is 0 Å². The third kappa shape index (κ3) is 8.51. The van der Waals surface area contributed by atoms with Gasteiger partial charge < -0.3 is 15.4 Å². The highest BCUT2D eigenvalue weighted by Crippen LogP contribution is 1.99. The predicted molar refractivity (Wildman–Crippen MR) is 69.6 cm³/mol. The highest BCUT2D eigenvalue weighted by Gasteiger charge is 2.30. The molecule has 0 aromatic rings. The molecule has 0 aromatic heterocycles. The summed E-state index contributed by atoms with van der Waals surface area (Å²) >= 11 is 0. The van der Waals surface area contributed by atoms with Gasteiger partial charge >= 0.3 is 17.7 Å². The lowest BCUT2D eigenvalue weighted by Gasteiger charge is -1.94. The van der Waals surface area contributed by atoms with E-state index in [1.807, 2.05) is 12.2 Å². The smallest absolute Gasteiger partial charge is 0.472 e. The molecule has 0 unspecified atom stereocenters. The molecule has 19 heavy (non-hydrogen) atoms. The Labute approximate surface area is 112 Å². The maximum Gasteiger partial charge on any atom is 0.482 e. The number of carboxylic acid groups (broad SMARTS) is 1. The van der Waals surface area contributed by atoms with E-state index in [2.05, 4.69) is 16.5 Å². The van der Waals surface area contributed by atoms with Crippen LogP contribution in [0.4, 0.5) is 0 Å². The molecule has 0 bridgehead atoms. The van der Waals surface area contributed by atoms with E-state index in [9.17, 15) is 9.59 Å². The van der Waals surface area contributed by atoms with E-state index in [0.29, 0.717) is 0 Å². The van der Waals surface area contributed by atoms with Gasteiger partial charge in [-0.1, -0.05) is 38.0 Å². The van der Waals surface area contributed by atoms with Crippen molar-refractivity contribution in [2.24, 2.45) is 0 Å². The normalized spacial score (nSPS) is 10.6. The number of carbonyl (C=O) groups excluding carboxylic acids is 1. The summed E-state index contributed by atoms with van der Waals surface area (Å²) in [6.07, 6.45) is 11.6. The molecule has 104 valence electrons. The lowest BCUT2D eigenvalue weighted by molar-refractivity contribution is -0.145. The van der Waals surface area contributed by atoms with Gasteiger partial charge in [-0.3, -0.25) is 0 Å². The summed E-state index contributed by atoms with van der Waals surface area (Å²) in [6, 6.07) is 0. The number of esters is 1. The van der Waals surface area contributed by atoms with Crippen molar-refractivity contribution in [3.05, 3.63) is 29.8 Å². The van der Waals surface area contributed by atoms with Crippen LogP contribution in [0.5, 0.6) is 0 Å². The Balaban J connectivity index is 3.88. The molecular formula is C13H18N2O4. The van der Waals surface area contributed by atoms with E-state index >= 15 is 0 Å². The standard InChI is InChI=1S/C13H18N2O4/c1-2-3-4-5-6-7-8-9-10-19-13(18)11(15-14)12(16)17/h6-9H,2-5,10H2,1H3,(H,16,17)/b7-6+,9-8+. The molecule has 0 aliphatic carbocycles. The van der Waals surface area contributed by atoms with Gasteiger partial charge in [0, 0.05) is 0 Å². The van der Waals surface area contributed by atoms with Crippen LogP contribution in [0.3, 0.4) is 0 Å². The Morgan fingerprint density at radius 3 is 2.53 bits per heavy atom. The first kappa shape index (κ1) is 16.8. The molecule has 6 heteroatoms. The topological polar surface area (TPSA) is 100 Å². The van der Waals surface area contributed by atoms with E-state index in [4.69, 9.17) is 10.6 Å². The fourth-order valence-corrected chi connectivity index (χ4v) is 1.18. The second-order valence-electron chi connectivity index (χ2n) is 3.70. The number of carbonyl (C=O) groups is 2. The maximum absolute atomic E-state index is 11.1. The van der Waals surface area contributed by atoms with E-state index in [-0.39, 0.29) is 6.61 Å². The number of hydrogen-bond donors (Lipinski definition) is 1. The molecule has 0 fully saturated rings. The molecule has 0 rings (SSSR count). The monoisotopic (exact) mass is 266 g/mol. The second-order valence-corrected chi connectivity index (χ2v) is 3.70. The van der Waals surface area contributed by atoms with Gasteiger partial charge in [0.1, 0.15) is 6.61 Å². The van der Waals surface area contributed by atoms with Crippen molar-refractivity contribution in [3.63, 3.8) is 0 Å². The zero-order chi connectivity index (χ0) is 14.5. The van der Waals surface area contributed by atoms with Gasteiger partial charge in [0.15, 0.2) is 0 Å². The molecule has 0 spiro atoms. The zero-order valence-corrected chi connectivity index (χ0v) is 10.9. The van der Waals surface area contributed by atoms with Crippen LogP contribution >= 0.6 is 0 Å². The van der Waals surface area contributed by atoms with Crippen molar-refractivity contribution in [2.75, 3.05) is 6.61 Å². The number of carboxylic acids is 1. The number of aliphatic carboxylic acids is 1. The average Bonchev–Trinajstić information content (AvgIpc) is 2.37. The van der Waals surface area contributed by atoms with Crippen LogP contribution in [0.2, 0.25) is 0 Å². The zero-order valence-electron chi connectivity index (χ0n) is 10.9. The largest absolute Gasteiger partial charge is 0.482 e. The molecule has 0 radical (unpaired) electrons. The van der Waals surface area contributed by atoms with Crippen LogP contribution < -0.4 is 0 Å². The minimum Gasteiger partial charge on any atom is -0.472 e. The fourth-order valence-electron chi connectivity index (χ4n) is 1.18. The molecule has 0 saturated carbocycles. The minimum atomic E-state index is -1.63. The highest BCUT2D eigenvalue weighted by atomic mass is 16.5. The van der Waals surface area contributed by atoms with Crippen molar-refractivity contribution in [1.29, 1.82) is 0 Å². The molecule has 0 aliphatic heterocycles. The third-order valence-corrected chi connectivity index (χ3v) is 2.16. The van der Waals surface area contributed by atoms with Gasteiger partial charge in [0.05, 0.1) is 0 Å². The van der Waals surface area contributed by atoms with Crippen LogP contribution in [-0.2, 0) is 14.3 Å². The summed E-state index contributed by atoms with van der Waals surface area (Å²) in [4.78, 5) is 23.8. The molecule has 0 amide bonds. The van der Waals surface area contributed by atoms with Crippen molar-refractivity contribution in [2.45, 2.75) is 32.6 Å². The van der Waals surface area contributed by atoms with E-state index in [1.54, 1.807) is 12.2 Å². The number of allylic oxidation sites excluding steroid dienone is 3. The Kier molecular flexibility index (Phi) is 9.66. The third-order valence-electron chi connectivity index (χ3n) is 2.16. The summed E-state index contributed by atoms with van der Waals surface area (Å²) in [7, 11) is 0. The summed E-state index contributed by atoms with van der Waals surface area (Å²) in [5.41, 5.74) is 7.25. The van der Waals surface area contributed by atoms with Gasteiger partial charge in [-0.25, -0.2) is 9.59 Å². The number of rotatable bonds is 9. The number of unbranched alkanes of at least 4 members (excludes halogenated alkanes) is 3. The molecule has 0 heterocycles. The molecule has 6 nitrogen and oxygen atoms in total. The first-order valence-electron chi connectivity index (χ1n) is 6.07. The van der Waals surface area contributed by atoms with Gasteiger partial charge in [-0.05, 0) is 18.9 Å². The summed E-state index contributed by atoms with van der Waals surface area (Å²) in [6.45, 7) is 2.06.